The molecule has 120 valence electrons. The van der Waals surface area contributed by atoms with Crippen LogP contribution < -0.4 is 10.6 Å². The Bertz CT molecular complexity index is 726. The first-order valence-electron chi connectivity index (χ1n) is 7.58. The maximum atomic E-state index is 12.3. The molecule has 2 aromatic rings. The van der Waals surface area contributed by atoms with Gasteiger partial charge in [-0.05, 0) is 43.5 Å². The van der Waals surface area contributed by atoms with E-state index in [0.29, 0.717) is 23.7 Å². The van der Waals surface area contributed by atoms with Gasteiger partial charge in [-0.1, -0.05) is 23.7 Å². The highest BCUT2D eigenvalue weighted by Crippen LogP contribution is 2.29. The largest absolute Gasteiger partial charge is 0.451 e. The predicted molar refractivity (Wildman–Crippen MR) is 87.3 cm³/mol. The first-order chi connectivity index (χ1) is 11.1. The lowest BCUT2D eigenvalue weighted by Crippen LogP contribution is -2.45. The Balaban J connectivity index is 1.74. The molecule has 1 unspecified atom stereocenters. The minimum atomic E-state index is -0.515. The van der Waals surface area contributed by atoms with Gasteiger partial charge < -0.3 is 15.1 Å². The summed E-state index contributed by atoms with van der Waals surface area (Å²) in [5, 5.41) is 6.07. The molecule has 1 atom stereocenters. The normalized spacial score (nSPS) is 18.1. The summed E-state index contributed by atoms with van der Waals surface area (Å²) in [5.41, 5.74) is 0.723. The number of halogens is 1. The molecule has 2 amide bonds. The molecule has 1 aromatic carbocycles. The van der Waals surface area contributed by atoms with E-state index in [2.05, 4.69) is 10.6 Å². The van der Waals surface area contributed by atoms with Crippen LogP contribution in [0.1, 0.15) is 29.8 Å². The van der Waals surface area contributed by atoms with Crippen molar-refractivity contribution in [1.82, 2.24) is 10.6 Å². The molecular formula is C17H17ClN2O3. The van der Waals surface area contributed by atoms with Crippen molar-refractivity contribution in [1.29, 1.82) is 0 Å². The average molecular weight is 333 g/mol. The van der Waals surface area contributed by atoms with Crippen LogP contribution in [-0.2, 0) is 4.79 Å². The van der Waals surface area contributed by atoms with Crippen LogP contribution in [-0.4, -0.2) is 24.4 Å². The van der Waals surface area contributed by atoms with E-state index < -0.39 is 11.9 Å². The Morgan fingerprint density at radius 3 is 2.87 bits per heavy atom. The maximum absolute atomic E-state index is 12.3. The first kappa shape index (κ1) is 15.6. The van der Waals surface area contributed by atoms with E-state index >= 15 is 0 Å². The van der Waals surface area contributed by atoms with E-state index in [0.717, 1.165) is 18.4 Å². The van der Waals surface area contributed by atoms with Crippen molar-refractivity contribution < 1.29 is 14.0 Å². The molecule has 0 radical (unpaired) electrons. The van der Waals surface area contributed by atoms with Crippen LogP contribution in [0.5, 0.6) is 0 Å². The van der Waals surface area contributed by atoms with E-state index in [1.165, 1.54) is 0 Å². The summed E-state index contributed by atoms with van der Waals surface area (Å²) in [5.74, 6) is 0.141. The Morgan fingerprint density at radius 2 is 2.04 bits per heavy atom. The van der Waals surface area contributed by atoms with Crippen molar-refractivity contribution >= 4 is 23.4 Å². The minimum Gasteiger partial charge on any atom is -0.451 e. The molecule has 0 aliphatic carbocycles. The molecule has 1 aromatic heterocycles. The van der Waals surface area contributed by atoms with Gasteiger partial charge in [-0.25, -0.2) is 0 Å². The van der Waals surface area contributed by atoms with Crippen molar-refractivity contribution in [2.45, 2.75) is 25.3 Å². The van der Waals surface area contributed by atoms with Crippen molar-refractivity contribution in [2.24, 2.45) is 0 Å². The standard InChI is InChI=1S/C17H17ClN2O3/c18-12-6-2-1-5-11(12)14-8-9-15(23-14)17(22)20-13-7-3-4-10-19-16(13)21/h1-2,5-6,8-9,13H,3-4,7,10H2,(H,19,21)(H,20,22). The molecule has 1 saturated heterocycles. The van der Waals surface area contributed by atoms with Crippen LogP contribution in [0.25, 0.3) is 11.3 Å². The molecule has 1 aliphatic rings. The number of hydrogen-bond donors (Lipinski definition) is 2. The Kier molecular flexibility index (Phi) is 4.67. The van der Waals surface area contributed by atoms with Gasteiger partial charge in [0.1, 0.15) is 11.8 Å². The molecule has 0 bridgehead atoms. The fourth-order valence-electron chi connectivity index (χ4n) is 2.57. The highest BCUT2D eigenvalue weighted by Gasteiger charge is 2.24. The van der Waals surface area contributed by atoms with Crippen LogP contribution >= 0.6 is 11.6 Å². The van der Waals surface area contributed by atoms with E-state index in [-0.39, 0.29) is 11.7 Å². The van der Waals surface area contributed by atoms with Gasteiger partial charge in [-0.3, -0.25) is 9.59 Å². The maximum Gasteiger partial charge on any atom is 0.287 e. The molecule has 6 heteroatoms. The average Bonchev–Trinajstić information content (AvgIpc) is 2.95. The summed E-state index contributed by atoms with van der Waals surface area (Å²) >= 11 is 6.13. The van der Waals surface area contributed by atoms with Gasteiger partial charge in [-0.15, -0.1) is 0 Å². The third kappa shape index (κ3) is 3.56. The quantitative estimate of drug-likeness (QED) is 0.907. The zero-order valence-corrected chi connectivity index (χ0v) is 13.2. The molecule has 23 heavy (non-hydrogen) atoms. The van der Waals surface area contributed by atoms with Crippen molar-refractivity contribution in [3.05, 3.63) is 47.2 Å². The third-order valence-electron chi connectivity index (χ3n) is 3.81. The summed E-state index contributed by atoms with van der Waals surface area (Å²) in [6.45, 7) is 0.655. The van der Waals surface area contributed by atoms with Crippen molar-refractivity contribution in [3.8, 4) is 11.3 Å². The Labute approximate surface area is 139 Å². The fourth-order valence-corrected chi connectivity index (χ4v) is 2.80. The molecule has 0 spiro atoms. The molecule has 1 aliphatic heterocycles. The second-order valence-electron chi connectivity index (χ2n) is 5.46. The lowest BCUT2D eigenvalue weighted by atomic mass is 10.1. The minimum absolute atomic E-state index is 0.145. The lowest BCUT2D eigenvalue weighted by molar-refractivity contribution is -0.122. The van der Waals surface area contributed by atoms with Gasteiger partial charge in [-0.2, -0.15) is 0 Å². The zero-order chi connectivity index (χ0) is 16.2. The van der Waals surface area contributed by atoms with Crippen LogP contribution in [0.3, 0.4) is 0 Å². The summed E-state index contributed by atoms with van der Waals surface area (Å²) in [6.07, 6.45) is 2.46. The molecule has 2 N–H and O–H groups in total. The van der Waals surface area contributed by atoms with Crippen molar-refractivity contribution in [2.75, 3.05) is 6.54 Å². The summed E-state index contributed by atoms with van der Waals surface area (Å²) in [7, 11) is 0. The van der Waals surface area contributed by atoms with E-state index in [1.807, 2.05) is 18.2 Å². The number of furan rings is 1. The number of hydrogen-bond acceptors (Lipinski definition) is 3. The number of amides is 2. The summed E-state index contributed by atoms with van der Waals surface area (Å²) in [6, 6.07) is 10.0. The van der Waals surface area contributed by atoms with Crippen LogP contribution in [0.4, 0.5) is 0 Å². The number of carbonyl (C=O) groups excluding carboxylic acids is 2. The molecule has 2 heterocycles. The third-order valence-corrected chi connectivity index (χ3v) is 4.14. The van der Waals surface area contributed by atoms with Gasteiger partial charge in [0.2, 0.25) is 5.91 Å². The van der Waals surface area contributed by atoms with Gasteiger partial charge in [0.25, 0.3) is 5.91 Å². The molecule has 1 fully saturated rings. The van der Waals surface area contributed by atoms with E-state index in [9.17, 15) is 9.59 Å². The second kappa shape index (κ2) is 6.87. The summed E-state index contributed by atoms with van der Waals surface area (Å²) < 4.78 is 5.59. The monoisotopic (exact) mass is 332 g/mol. The van der Waals surface area contributed by atoms with Gasteiger partial charge in [0, 0.05) is 12.1 Å². The highest BCUT2D eigenvalue weighted by molar-refractivity contribution is 6.33. The Morgan fingerprint density at radius 1 is 1.22 bits per heavy atom. The predicted octanol–water partition coefficient (Wildman–Crippen LogP) is 3.00. The van der Waals surface area contributed by atoms with Crippen LogP contribution in [0.2, 0.25) is 5.02 Å². The highest BCUT2D eigenvalue weighted by atomic mass is 35.5. The fraction of sp³-hybridized carbons (Fsp3) is 0.294. The first-order valence-corrected chi connectivity index (χ1v) is 7.96. The summed E-state index contributed by atoms with van der Waals surface area (Å²) in [4.78, 5) is 24.2. The zero-order valence-electron chi connectivity index (χ0n) is 12.5. The van der Waals surface area contributed by atoms with Gasteiger partial charge >= 0.3 is 0 Å². The van der Waals surface area contributed by atoms with Crippen molar-refractivity contribution in [3.63, 3.8) is 0 Å². The second-order valence-corrected chi connectivity index (χ2v) is 5.86. The van der Waals surface area contributed by atoms with E-state index in [4.69, 9.17) is 16.0 Å². The number of benzene rings is 1. The Hall–Kier alpha value is -2.27. The topological polar surface area (TPSA) is 71.3 Å². The lowest BCUT2D eigenvalue weighted by Gasteiger charge is -2.14. The molecule has 5 nitrogen and oxygen atoms in total. The SMILES string of the molecule is O=C(NC1CCCCNC1=O)c1ccc(-c2ccccc2Cl)o1. The number of rotatable bonds is 3. The van der Waals surface area contributed by atoms with E-state index in [1.54, 1.807) is 18.2 Å². The van der Waals surface area contributed by atoms with Gasteiger partial charge in [0.15, 0.2) is 5.76 Å². The van der Waals surface area contributed by atoms with Gasteiger partial charge in [0.05, 0.1) is 5.02 Å². The van der Waals surface area contributed by atoms with Crippen LogP contribution in [0, 0.1) is 0 Å². The molecular weight excluding hydrogens is 316 g/mol. The molecule has 0 saturated carbocycles. The van der Waals surface area contributed by atoms with Crippen LogP contribution in [0.15, 0.2) is 40.8 Å². The smallest absolute Gasteiger partial charge is 0.287 e. The number of nitrogens with one attached hydrogen (secondary N) is 2. The molecule has 3 rings (SSSR count). The number of carbonyl (C=O) groups is 2.